The van der Waals surface area contributed by atoms with E-state index >= 15 is 0 Å². The Morgan fingerprint density at radius 1 is 1.05 bits per heavy atom. The van der Waals surface area contributed by atoms with Crippen LogP contribution in [0.1, 0.15) is 28.8 Å². The minimum atomic E-state index is -0.163. The SMILES string of the molecule is Cc1ccc(NC(=O)CCC(=O)c2ccccc2)c(Br)c1. The van der Waals surface area contributed by atoms with Gasteiger partial charge in [0, 0.05) is 22.9 Å². The van der Waals surface area contributed by atoms with Crippen LogP contribution in [0.4, 0.5) is 5.69 Å². The molecule has 2 aromatic carbocycles. The van der Waals surface area contributed by atoms with Crippen LogP contribution in [0, 0.1) is 6.92 Å². The maximum Gasteiger partial charge on any atom is 0.224 e. The van der Waals surface area contributed by atoms with E-state index in [0.29, 0.717) is 5.56 Å². The van der Waals surface area contributed by atoms with Crippen LogP contribution >= 0.6 is 15.9 Å². The molecule has 1 amide bonds. The second-order valence-corrected chi connectivity index (χ2v) is 5.68. The lowest BCUT2D eigenvalue weighted by Crippen LogP contribution is -2.13. The van der Waals surface area contributed by atoms with Crippen LogP contribution in [-0.4, -0.2) is 11.7 Å². The van der Waals surface area contributed by atoms with Crippen molar-refractivity contribution in [1.82, 2.24) is 0 Å². The summed E-state index contributed by atoms with van der Waals surface area (Å²) in [7, 11) is 0. The van der Waals surface area contributed by atoms with Crippen LogP contribution in [0.25, 0.3) is 0 Å². The molecule has 0 fully saturated rings. The van der Waals surface area contributed by atoms with Gasteiger partial charge < -0.3 is 5.32 Å². The molecule has 3 nitrogen and oxygen atoms in total. The maximum absolute atomic E-state index is 11.9. The quantitative estimate of drug-likeness (QED) is 0.818. The van der Waals surface area contributed by atoms with E-state index in [-0.39, 0.29) is 24.5 Å². The van der Waals surface area contributed by atoms with Gasteiger partial charge in [0.2, 0.25) is 5.91 Å². The molecule has 0 bridgehead atoms. The molecular weight excluding hydrogens is 330 g/mol. The van der Waals surface area contributed by atoms with Gasteiger partial charge in [-0.25, -0.2) is 0 Å². The second kappa shape index (κ2) is 7.18. The van der Waals surface area contributed by atoms with Crippen LogP contribution in [-0.2, 0) is 4.79 Å². The van der Waals surface area contributed by atoms with Gasteiger partial charge in [-0.15, -0.1) is 0 Å². The summed E-state index contributed by atoms with van der Waals surface area (Å²) >= 11 is 3.41. The zero-order valence-corrected chi connectivity index (χ0v) is 13.3. The number of hydrogen-bond donors (Lipinski definition) is 1. The highest BCUT2D eigenvalue weighted by Crippen LogP contribution is 2.23. The Morgan fingerprint density at radius 2 is 1.76 bits per heavy atom. The van der Waals surface area contributed by atoms with Crippen molar-refractivity contribution in [2.45, 2.75) is 19.8 Å². The molecule has 0 aliphatic carbocycles. The van der Waals surface area contributed by atoms with E-state index < -0.39 is 0 Å². The first-order valence-corrected chi connectivity index (χ1v) is 7.50. The van der Waals surface area contributed by atoms with Crippen molar-refractivity contribution in [2.24, 2.45) is 0 Å². The van der Waals surface area contributed by atoms with Crippen molar-refractivity contribution in [3.63, 3.8) is 0 Å². The molecule has 0 heterocycles. The molecule has 108 valence electrons. The Balaban J connectivity index is 1.89. The summed E-state index contributed by atoms with van der Waals surface area (Å²) in [6, 6.07) is 14.7. The largest absolute Gasteiger partial charge is 0.325 e. The van der Waals surface area contributed by atoms with Crippen molar-refractivity contribution >= 4 is 33.3 Å². The highest BCUT2D eigenvalue weighted by Gasteiger charge is 2.10. The van der Waals surface area contributed by atoms with Crippen LogP contribution < -0.4 is 5.32 Å². The van der Waals surface area contributed by atoms with Gasteiger partial charge in [-0.2, -0.15) is 0 Å². The number of carbonyl (C=O) groups is 2. The van der Waals surface area contributed by atoms with E-state index in [0.717, 1.165) is 15.7 Å². The lowest BCUT2D eigenvalue weighted by Gasteiger charge is -2.08. The number of ketones is 1. The normalized spacial score (nSPS) is 10.2. The third kappa shape index (κ3) is 4.53. The topological polar surface area (TPSA) is 46.2 Å². The molecule has 0 atom stereocenters. The number of rotatable bonds is 5. The Hall–Kier alpha value is -1.94. The summed E-state index contributed by atoms with van der Waals surface area (Å²) < 4.78 is 0.838. The van der Waals surface area contributed by atoms with Crippen LogP contribution in [0.3, 0.4) is 0 Å². The number of amides is 1. The van der Waals surface area contributed by atoms with E-state index in [9.17, 15) is 9.59 Å². The molecule has 21 heavy (non-hydrogen) atoms. The van der Waals surface area contributed by atoms with Crippen LogP contribution in [0.15, 0.2) is 53.0 Å². The molecule has 0 aliphatic heterocycles. The number of hydrogen-bond acceptors (Lipinski definition) is 2. The lowest BCUT2D eigenvalue weighted by molar-refractivity contribution is -0.116. The number of aryl methyl sites for hydroxylation is 1. The van der Waals surface area contributed by atoms with Crippen molar-refractivity contribution in [3.8, 4) is 0 Å². The number of carbonyl (C=O) groups excluding carboxylic acids is 2. The predicted octanol–water partition coefficient (Wildman–Crippen LogP) is 4.36. The molecule has 0 spiro atoms. The predicted molar refractivity (Wildman–Crippen MR) is 87.5 cm³/mol. The van der Waals surface area contributed by atoms with E-state index in [2.05, 4.69) is 21.2 Å². The Morgan fingerprint density at radius 3 is 2.43 bits per heavy atom. The molecule has 0 saturated carbocycles. The number of Topliss-reactive ketones (excluding diaryl/α,β-unsaturated/α-hetero) is 1. The first-order valence-electron chi connectivity index (χ1n) is 6.70. The zero-order chi connectivity index (χ0) is 15.2. The van der Waals surface area contributed by atoms with E-state index in [1.807, 2.05) is 43.3 Å². The Bertz CT molecular complexity index is 653. The molecular formula is C17H16BrNO2. The molecule has 2 rings (SSSR count). The van der Waals surface area contributed by atoms with Gasteiger partial charge in [0.1, 0.15) is 0 Å². The molecule has 0 aliphatic rings. The third-order valence-corrected chi connectivity index (χ3v) is 3.73. The number of halogens is 1. The van der Waals surface area contributed by atoms with Gasteiger partial charge in [0.25, 0.3) is 0 Å². The van der Waals surface area contributed by atoms with E-state index in [1.165, 1.54) is 0 Å². The zero-order valence-electron chi connectivity index (χ0n) is 11.7. The minimum absolute atomic E-state index is 0.0197. The fourth-order valence-electron chi connectivity index (χ4n) is 1.93. The maximum atomic E-state index is 11.9. The Labute approximate surface area is 132 Å². The lowest BCUT2D eigenvalue weighted by atomic mass is 10.1. The van der Waals surface area contributed by atoms with E-state index in [1.54, 1.807) is 12.1 Å². The van der Waals surface area contributed by atoms with Crippen molar-refractivity contribution < 1.29 is 9.59 Å². The van der Waals surface area contributed by atoms with Gasteiger partial charge >= 0.3 is 0 Å². The standard InChI is InChI=1S/C17H16BrNO2/c1-12-7-8-15(14(18)11-12)19-17(21)10-9-16(20)13-5-3-2-4-6-13/h2-8,11H,9-10H2,1H3,(H,19,21). The van der Waals surface area contributed by atoms with Gasteiger partial charge in [-0.3, -0.25) is 9.59 Å². The summed E-state index contributed by atoms with van der Waals surface area (Å²) in [6.45, 7) is 1.98. The van der Waals surface area contributed by atoms with Crippen molar-refractivity contribution in [2.75, 3.05) is 5.32 Å². The molecule has 0 saturated heterocycles. The average Bonchev–Trinajstić information content (AvgIpc) is 2.48. The molecule has 0 radical (unpaired) electrons. The van der Waals surface area contributed by atoms with Crippen LogP contribution in [0.5, 0.6) is 0 Å². The summed E-state index contributed by atoms with van der Waals surface area (Å²) in [5.41, 5.74) is 2.47. The minimum Gasteiger partial charge on any atom is -0.325 e. The molecule has 4 heteroatoms. The summed E-state index contributed by atoms with van der Waals surface area (Å²) in [4.78, 5) is 23.8. The highest BCUT2D eigenvalue weighted by atomic mass is 79.9. The van der Waals surface area contributed by atoms with E-state index in [4.69, 9.17) is 0 Å². The van der Waals surface area contributed by atoms with Crippen molar-refractivity contribution in [3.05, 3.63) is 64.1 Å². The molecule has 0 unspecified atom stereocenters. The summed E-state index contributed by atoms with van der Waals surface area (Å²) in [6.07, 6.45) is 0.382. The van der Waals surface area contributed by atoms with Crippen LogP contribution in [0.2, 0.25) is 0 Å². The van der Waals surface area contributed by atoms with Gasteiger partial charge in [-0.1, -0.05) is 36.4 Å². The number of nitrogens with one attached hydrogen (secondary N) is 1. The van der Waals surface area contributed by atoms with Gasteiger partial charge in [0.05, 0.1) is 5.69 Å². The summed E-state index contributed by atoms with van der Waals surface area (Å²) in [5, 5.41) is 2.81. The number of anilines is 1. The first-order chi connectivity index (χ1) is 10.1. The van der Waals surface area contributed by atoms with Gasteiger partial charge in [-0.05, 0) is 40.5 Å². The highest BCUT2D eigenvalue weighted by molar-refractivity contribution is 9.10. The third-order valence-electron chi connectivity index (χ3n) is 3.07. The molecule has 0 aromatic heterocycles. The Kier molecular flexibility index (Phi) is 5.28. The first kappa shape index (κ1) is 15.4. The number of benzene rings is 2. The fourth-order valence-corrected chi connectivity index (χ4v) is 2.52. The second-order valence-electron chi connectivity index (χ2n) is 4.82. The monoisotopic (exact) mass is 345 g/mol. The smallest absolute Gasteiger partial charge is 0.224 e. The fraction of sp³-hybridized carbons (Fsp3) is 0.176. The summed E-state index contributed by atoms with van der Waals surface area (Å²) in [5.74, 6) is -0.183. The molecule has 1 N–H and O–H groups in total. The average molecular weight is 346 g/mol. The van der Waals surface area contributed by atoms with Crippen molar-refractivity contribution in [1.29, 1.82) is 0 Å². The van der Waals surface area contributed by atoms with Gasteiger partial charge in [0.15, 0.2) is 5.78 Å². The molecule has 2 aromatic rings.